The number of carbonyl (C=O) groups excluding carboxylic acids is 3. The average molecular weight is 586 g/mol. The summed E-state index contributed by atoms with van der Waals surface area (Å²) in [6, 6.07) is -4.65. The Labute approximate surface area is 239 Å². The Morgan fingerprint density at radius 3 is 1.74 bits per heavy atom. The molecular formula is C24H35N13O5. The van der Waals surface area contributed by atoms with Crippen LogP contribution in [0.3, 0.4) is 0 Å². The monoisotopic (exact) mass is 585 g/mol. The number of guanidine groups is 1. The fourth-order valence-corrected chi connectivity index (χ4v) is 3.96. The fourth-order valence-electron chi connectivity index (χ4n) is 3.96. The zero-order chi connectivity index (χ0) is 30.5. The van der Waals surface area contributed by atoms with E-state index in [1.165, 1.54) is 37.6 Å². The van der Waals surface area contributed by atoms with Gasteiger partial charge in [-0.3, -0.25) is 19.4 Å². The van der Waals surface area contributed by atoms with Crippen molar-refractivity contribution >= 4 is 29.7 Å². The summed E-state index contributed by atoms with van der Waals surface area (Å²) >= 11 is 0. The molecule has 18 nitrogen and oxygen atoms in total. The van der Waals surface area contributed by atoms with E-state index in [-0.39, 0.29) is 44.6 Å². The lowest BCUT2D eigenvalue weighted by Gasteiger charge is -2.25. The molecule has 0 fully saturated rings. The zero-order valence-corrected chi connectivity index (χ0v) is 22.6. The molecule has 4 atom stereocenters. The van der Waals surface area contributed by atoms with E-state index in [9.17, 15) is 24.3 Å². The molecule has 3 aromatic heterocycles. The number of aliphatic carboxylic acids is 1. The molecule has 0 aliphatic carbocycles. The van der Waals surface area contributed by atoms with Gasteiger partial charge < -0.3 is 53.2 Å². The first-order valence-electron chi connectivity index (χ1n) is 13.0. The van der Waals surface area contributed by atoms with Crippen LogP contribution in [0.15, 0.2) is 42.6 Å². The Bertz CT molecular complexity index is 1300. The number of hydrogen-bond acceptors (Lipinski definition) is 9. The van der Waals surface area contributed by atoms with Crippen molar-refractivity contribution in [2.75, 3.05) is 6.54 Å². The smallest absolute Gasteiger partial charge is 0.326 e. The third kappa shape index (κ3) is 10.0. The van der Waals surface area contributed by atoms with Crippen molar-refractivity contribution in [2.24, 2.45) is 22.2 Å². The maximum absolute atomic E-state index is 13.5. The summed E-state index contributed by atoms with van der Waals surface area (Å²) in [6.45, 7) is 0.162. The van der Waals surface area contributed by atoms with Crippen LogP contribution in [0, 0.1) is 0 Å². The molecule has 0 spiro atoms. The number of aromatic amines is 3. The molecular weight excluding hydrogens is 550 g/mol. The first kappa shape index (κ1) is 31.3. The summed E-state index contributed by atoms with van der Waals surface area (Å²) in [4.78, 5) is 75.6. The van der Waals surface area contributed by atoms with Gasteiger partial charge in [0.1, 0.15) is 18.1 Å². The molecule has 0 aromatic carbocycles. The van der Waals surface area contributed by atoms with Gasteiger partial charge in [-0.25, -0.2) is 19.7 Å². The Morgan fingerprint density at radius 2 is 1.24 bits per heavy atom. The SMILES string of the molecule is NC(N)=NCCCC(NC(=O)C(Cc1cnc[nH]1)NC(=O)C(N)Cc1cnc[nH]1)C(=O)NC(Cc1cnc[nH]1)C(=O)O. The molecule has 4 unspecified atom stereocenters. The second-order valence-corrected chi connectivity index (χ2v) is 9.42. The van der Waals surface area contributed by atoms with Crippen molar-refractivity contribution in [2.45, 2.75) is 56.3 Å². The van der Waals surface area contributed by atoms with Gasteiger partial charge in [-0.2, -0.15) is 0 Å². The van der Waals surface area contributed by atoms with Crippen molar-refractivity contribution in [1.82, 2.24) is 45.9 Å². The number of aliphatic imine (C=N–C) groups is 1. The maximum Gasteiger partial charge on any atom is 0.326 e. The van der Waals surface area contributed by atoms with Gasteiger partial charge in [0, 0.05) is 61.5 Å². The minimum absolute atomic E-state index is 0.00820. The second kappa shape index (κ2) is 15.5. The van der Waals surface area contributed by atoms with E-state index in [0.717, 1.165) is 0 Å². The highest BCUT2D eigenvalue weighted by Crippen LogP contribution is 2.06. The minimum atomic E-state index is -1.31. The Balaban J connectivity index is 1.74. The molecule has 42 heavy (non-hydrogen) atoms. The van der Waals surface area contributed by atoms with E-state index in [2.05, 4.69) is 50.8 Å². The van der Waals surface area contributed by atoms with Crippen molar-refractivity contribution in [3.63, 3.8) is 0 Å². The van der Waals surface area contributed by atoms with Crippen LogP contribution in [-0.4, -0.2) is 95.4 Å². The molecule has 3 heterocycles. The van der Waals surface area contributed by atoms with Gasteiger partial charge in [0.2, 0.25) is 17.7 Å². The quantitative estimate of drug-likeness (QED) is 0.0427. The Hall–Kier alpha value is -5.26. The van der Waals surface area contributed by atoms with Gasteiger partial charge in [-0.05, 0) is 12.8 Å². The van der Waals surface area contributed by atoms with Crippen LogP contribution in [-0.2, 0) is 38.4 Å². The summed E-state index contributed by atoms with van der Waals surface area (Å²) in [5.74, 6) is -3.47. The van der Waals surface area contributed by atoms with Crippen molar-refractivity contribution in [1.29, 1.82) is 0 Å². The molecule has 0 aliphatic heterocycles. The molecule has 226 valence electrons. The summed E-state index contributed by atoms with van der Waals surface area (Å²) in [6.07, 6.45) is 9.15. The lowest BCUT2D eigenvalue weighted by molar-refractivity contribution is -0.142. The van der Waals surface area contributed by atoms with Crippen LogP contribution in [0.5, 0.6) is 0 Å². The van der Waals surface area contributed by atoms with Gasteiger partial charge in [-0.15, -0.1) is 0 Å². The Morgan fingerprint density at radius 1 is 0.762 bits per heavy atom. The third-order valence-electron chi connectivity index (χ3n) is 6.12. The number of H-pyrrole nitrogens is 3. The standard InChI is InChI=1S/C24H35N13O5/c25-16(4-13-7-28-10-32-13)20(38)36-18(5-14-8-29-11-33-14)22(40)35-17(2-1-3-31-24(26)27)21(39)37-19(23(41)42)6-15-9-30-12-34-15/h7-12,16-19H,1-6,25H2,(H,28,32)(H,29,33)(H,30,34)(H,35,40)(H,36,38)(H,37,39)(H,41,42)(H4,26,27,31). The van der Waals surface area contributed by atoms with E-state index >= 15 is 0 Å². The predicted octanol–water partition coefficient (Wildman–Crippen LogP) is -3.20. The highest BCUT2D eigenvalue weighted by Gasteiger charge is 2.31. The zero-order valence-electron chi connectivity index (χ0n) is 22.6. The molecule has 3 aromatic rings. The lowest BCUT2D eigenvalue weighted by Crippen LogP contribution is -2.58. The van der Waals surface area contributed by atoms with Gasteiger partial charge in [-0.1, -0.05) is 0 Å². The van der Waals surface area contributed by atoms with Crippen LogP contribution in [0.4, 0.5) is 0 Å². The van der Waals surface area contributed by atoms with E-state index in [1.807, 2.05) is 0 Å². The second-order valence-electron chi connectivity index (χ2n) is 9.42. The number of carbonyl (C=O) groups is 4. The van der Waals surface area contributed by atoms with E-state index in [0.29, 0.717) is 17.1 Å². The van der Waals surface area contributed by atoms with Crippen LogP contribution in [0.25, 0.3) is 0 Å². The fraction of sp³-hybridized carbons (Fsp3) is 0.417. The number of amides is 3. The van der Waals surface area contributed by atoms with E-state index < -0.39 is 47.9 Å². The first-order valence-corrected chi connectivity index (χ1v) is 13.0. The predicted molar refractivity (Wildman–Crippen MR) is 148 cm³/mol. The van der Waals surface area contributed by atoms with Crippen molar-refractivity contribution in [3.8, 4) is 0 Å². The molecule has 0 aliphatic rings. The molecule has 0 radical (unpaired) electrons. The minimum Gasteiger partial charge on any atom is -0.480 e. The number of hydrogen-bond donors (Lipinski definition) is 10. The largest absolute Gasteiger partial charge is 0.480 e. The molecule has 3 amide bonds. The Kier molecular flexibility index (Phi) is 11.5. The number of rotatable bonds is 17. The summed E-state index contributed by atoms with van der Waals surface area (Å²) in [5.41, 5.74) is 18.5. The maximum atomic E-state index is 13.5. The normalized spacial score (nSPS) is 13.7. The topological polar surface area (TPSA) is 301 Å². The van der Waals surface area contributed by atoms with Gasteiger partial charge in [0.05, 0.1) is 25.0 Å². The molecule has 0 bridgehead atoms. The molecule has 0 saturated heterocycles. The van der Waals surface area contributed by atoms with Crippen molar-refractivity contribution in [3.05, 3.63) is 54.7 Å². The number of nitrogens with one attached hydrogen (secondary N) is 6. The summed E-state index contributed by atoms with van der Waals surface area (Å²) in [5, 5.41) is 17.4. The van der Waals surface area contributed by atoms with Crippen LogP contribution >= 0.6 is 0 Å². The highest BCUT2D eigenvalue weighted by atomic mass is 16.4. The summed E-state index contributed by atoms with van der Waals surface area (Å²) < 4.78 is 0. The first-order chi connectivity index (χ1) is 20.1. The van der Waals surface area contributed by atoms with Gasteiger partial charge in [0.25, 0.3) is 0 Å². The van der Waals surface area contributed by atoms with Crippen molar-refractivity contribution < 1.29 is 24.3 Å². The number of carboxylic acid groups (broad SMARTS) is 1. The molecule has 13 N–H and O–H groups in total. The van der Waals surface area contributed by atoms with E-state index in [1.54, 1.807) is 0 Å². The van der Waals surface area contributed by atoms with Crippen LogP contribution in [0.1, 0.15) is 29.9 Å². The van der Waals surface area contributed by atoms with Crippen LogP contribution in [0.2, 0.25) is 0 Å². The number of nitrogens with two attached hydrogens (primary N) is 3. The van der Waals surface area contributed by atoms with Crippen LogP contribution < -0.4 is 33.2 Å². The molecule has 3 rings (SSSR count). The third-order valence-corrected chi connectivity index (χ3v) is 6.12. The average Bonchev–Trinajstić information content (AvgIpc) is 3.74. The van der Waals surface area contributed by atoms with E-state index in [4.69, 9.17) is 17.2 Å². The molecule has 0 saturated carbocycles. The lowest BCUT2D eigenvalue weighted by atomic mass is 10.1. The van der Waals surface area contributed by atoms with Gasteiger partial charge in [0.15, 0.2) is 5.96 Å². The molecule has 18 heteroatoms. The highest BCUT2D eigenvalue weighted by molar-refractivity contribution is 5.94. The van der Waals surface area contributed by atoms with Gasteiger partial charge >= 0.3 is 5.97 Å². The summed E-state index contributed by atoms with van der Waals surface area (Å²) in [7, 11) is 0. The number of carboxylic acids is 1. The number of aromatic nitrogens is 6. The number of nitrogens with zero attached hydrogens (tertiary/aromatic N) is 4. The number of imidazole rings is 3.